The van der Waals surface area contributed by atoms with Gasteiger partial charge in [-0.25, -0.2) is 0 Å². The predicted molar refractivity (Wildman–Crippen MR) is 202 cm³/mol. The smallest absolute Gasteiger partial charge is 0.0765 e. The Hall–Kier alpha value is -5.16. The summed E-state index contributed by atoms with van der Waals surface area (Å²) in [7, 11) is 0. The summed E-state index contributed by atoms with van der Waals surface area (Å²) in [6.07, 6.45) is 0. The largest absolute Gasteiger partial charge is 0.309 e. The van der Waals surface area contributed by atoms with Crippen molar-refractivity contribution in [3.05, 3.63) is 151 Å². The molecule has 0 aliphatic heterocycles. The topological polar surface area (TPSA) is 17.3 Å². The third-order valence-corrected chi connectivity index (χ3v) is 11.3. The number of para-hydroxylation sites is 2. The van der Waals surface area contributed by atoms with E-state index >= 15 is 0 Å². The summed E-state index contributed by atoms with van der Waals surface area (Å²) in [6, 6.07) is 52.5. The normalized spacial score (nSPS) is 11.7. The standard InChI is InChI=1S/C42H28N2S2/c1-43-35-23-24-37-39(34-21-12-20-32(41(34)46-37)27-13-4-2-5-14-27)42(35)45-26-29-25-28-15-8-9-18-31(28)40-38(29)33-19-10-11-22-36(33)44(40)30-16-6-3-7-17-30/h2-25H,1,26H2. The third kappa shape index (κ3) is 4.22. The van der Waals surface area contributed by atoms with Crippen molar-refractivity contribution in [3.63, 3.8) is 0 Å². The van der Waals surface area contributed by atoms with Gasteiger partial charge in [-0.2, -0.15) is 0 Å². The average molecular weight is 625 g/mol. The average Bonchev–Trinajstić information content (AvgIpc) is 3.68. The van der Waals surface area contributed by atoms with Gasteiger partial charge in [-0.05, 0) is 65.2 Å². The van der Waals surface area contributed by atoms with Crippen LogP contribution in [0, 0.1) is 0 Å². The maximum absolute atomic E-state index is 4.54. The molecule has 9 rings (SSSR count). The van der Waals surface area contributed by atoms with Crippen molar-refractivity contribution in [2.75, 3.05) is 0 Å². The molecule has 218 valence electrons. The molecule has 46 heavy (non-hydrogen) atoms. The number of benzene rings is 7. The summed E-state index contributed by atoms with van der Waals surface area (Å²) in [5.74, 6) is 0.807. The predicted octanol–water partition coefficient (Wildman–Crippen LogP) is 12.6. The lowest BCUT2D eigenvalue weighted by Gasteiger charge is -2.13. The minimum absolute atomic E-state index is 0.807. The van der Waals surface area contributed by atoms with Crippen LogP contribution in [0.15, 0.2) is 155 Å². The number of nitrogens with zero attached hydrogens (tertiary/aromatic N) is 2. The van der Waals surface area contributed by atoms with Gasteiger partial charge in [0.05, 0.1) is 16.7 Å². The van der Waals surface area contributed by atoms with Gasteiger partial charge in [0.15, 0.2) is 0 Å². The van der Waals surface area contributed by atoms with Crippen LogP contribution in [0.3, 0.4) is 0 Å². The summed E-state index contributed by atoms with van der Waals surface area (Å²) in [5.41, 5.74) is 8.42. The van der Waals surface area contributed by atoms with Crippen molar-refractivity contribution in [1.29, 1.82) is 0 Å². The Morgan fingerprint density at radius 3 is 2.20 bits per heavy atom. The van der Waals surface area contributed by atoms with E-state index in [4.69, 9.17) is 0 Å². The van der Waals surface area contributed by atoms with Crippen molar-refractivity contribution >= 4 is 88.3 Å². The number of thiophene rings is 1. The van der Waals surface area contributed by atoms with Gasteiger partial charge in [0, 0.05) is 52.7 Å². The van der Waals surface area contributed by atoms with Crippen molar-refractivity contribution in [1.82, 2.24) is 4.57 Å². The molecule has 0 saturated heterocycles. The molecule has 0 aliphatic carbocycles. The molecule has 2 aromatic heterocycles. The molecule has 0 radical (unpaired) electrons. The van der Waals surface area contributed by atoms with E-state index in [0.29, 0.717) is 0 Å². The first-order chi connectivity index (χ1) is 22.8. The Morgan fingerprint density at radius 2 is 1.37 bits per heavy atom. The van der Waals surface area contributed by atoms with Gasteiger partial charge in [0.25, 0.3) is 0 Å². The Labute approximate surface area is 275 Å². The minimum Gasteiger partial charge on any atom is -0.309 e. The van der Waals surface area contributed by atoms with E-state index in [2.05, 4.69) is 162 Å². The molecule has 0 N–H and O–H groups in total. The molecule has 0 amide bonds. The Balaban J connectivity index is 1.27. The van der Waals surface area contributed by atoms with E-state index in [9.17, 15) is 0 Å². The fraction of sp³-hybridized carbons (Fsp3) is 0.0238. The molecule has 0 saturated carbocycles. The van der Waals surface area contributed by atoms with Crippen LogP contribution in [0.5, 0.6) is 0 Å². The lowest BCUT2D eigenvalue weighted by molar-refractivity contribution is 1.19. The first kappa shape index (κ1) is 27.2. The molecule has 2 heterocycles. The zero-order valence-corrected chi connectivity index (χ0v) is 26.6. The lowest BCUT2D eigenvalue weighted by atomic mass is 10.0. The highest BCUT2D eigenvalue weighted by Gasteiger charge is 2.20. The maximum Gasteiger partial charge on any atom is 0.0765 e. The molecule has 0 fully saturated rings. The first-order valence-electron chi connectivity index (χ1n) is 15.4. The summed E-state index contributed by atoms with van der Waals surface area (Å²) < 4.78 is 5.03. The number of fused-ring (bicyclic) bond motifs is 8. The van der Waals surface area contributed by atoms with Gasteiger partial charge in [-0.15, -0.1) is 23.1 Å². The highest BCUT2D eigenvalue weighted by molar-refractivity contribution is 7.99. The zero-order valence-electron chi connectivity index (χ0n) is 25.0. The monoisotopic (exact) mass is 624 g/mol. The second kappa shape index (κ2) is 11.0. The number of aliphatic imine (C=N–C) groups is 1. The van der Waals surface area contributed by atoms with Crippen molar-refractivity contribution in [2.45, 2.75) is 10.6 Å². The van der Waals surface area contributed by atoms with Gasteiger partial charge >= 0.3 is 0 Å². The second-order valence-corrected chi connectivity index (χ2v) is 13.6. The van der Waals surface area contributed by atoms with Crippen LogP contribution in [0.2, 0.25) is 0 Å². The third-order valence-electron chi connectivity index (χ3n) is 8.98. The van der Waals surface area contributed by atoms with Gasteiger partial charge in [0.1, 0.15) is 0 Å². The Bertz CT molecular complexity index is 2600. The van der Waals surface area contributed by atoms with E-state index in [1.54, 1.807) is 0 Å². The lowest BCUT2D eigenvalue weighted by Crippen LogP contribution is -1.95. The maximum atomic E-state index is 4.54. The molecule has 0 spiro atoms. The molecule has 0 atom stereocenters. The van der Waals surface area contributed by atoms with E-state index in [1.807, 2.05) is 23.1 Å². The SMILES string of the molecule is C=Nc1ccc2sc3c(-c4ccccc4)cccc3c2c1SCc1cc2ccccc2c2c1c1ccccc1n2-c1ccccc1. The molecule has 2 nitrogen and oxygen atoms in total. The van der Waals surface area contributed by atoms with Crippen molar-refractivity contribution < 1.29 is 0 Å². The van der Waals surface area contributed by atoms with Crippen LogP contribution >= 0.6 is 23.1 Å². The van der Waals surface area contributed by atoms with Gasteiger partial charge < -0.3 is 4.57 Å². The quantitative estimate of drug-likeness (QED) is 0.133. The van der Waals surface area contributed by atoms with E-state index in [1.165, 1.54) is 80.0 Å². The fourth-order valence-electron chi connectivity index (χ4n) is 6.99. The molecule has 0 bridgehead atoms. The summed E-state index contributed by atoms with van der Waals surface area (Å²) in [5, 5.41) is 7.65. The van der Waals surface area contributed by atoms with Crippen LogP contribution in [-0.2, 0) is 5.75 Å². The zero-order chi connectivity index (χ0) is 30.6. The molecule has 9 aromatic rings. The molecule has 0 unspecified atom stereocenters. The summed E-state index contributed by atoms with van der Waals surface area (Å²) in [4.78, 5) is 5.73. The fourth-order valence-corrected chi connectivity index (χ4v) is 9.47. The Morgan fingerprint density at radius 1 is 0.652 bits per heavy atom. The number of aromatic nitrogens is 1. The van der Waals surface area contributed by atoms with E-state index < -0.39 is 0 Å². The highest BCUT2D eigenvalue weighted by Crippen LogP contribution is 2.48. The van der Waals surface area contributed by atoms with Crippen LogP contribution in [-0.4, -0.2) is 11.3 Å². The first-order valence-corrected chi connectivity index (χ1v) is 17.2. The van der Waals surface area contributed by atoms with Crippen LogP contribution in [0.1, 0.15) is 5.56 Å². The second-order valence-electron chi connectivity index (χ2n) is 11.6. The van der Waals surface area contributed by atoms with Crippen molar-refractivity contribution in [3.8, 4) is 16.8 Å². The Kier molecular flexibility index (Phi) is 6.51. The minimum atomic E-state index is 0.807. The van der Waals surface area contributed by atoms with Gasteiger partial charge in [-0.3, -0.25) is 4.99 Å². The van der Waals surface area contributed by atoms with E-state index in [-0.39, 0.29) is 0 Å². The molecule has 4 heteroatoms. The van der Waals surface area contributed by atoms with Gasteiger partial charge in [-0.1, -0.05) is 109 Å². The number of hydrogen-bond donors (Lipinski definition) is 0. The number of rotatable bonds is 6. The molecular formula is C42H28N2S2. The van der Waals surface area contributed by atoms with Crippen LogP contribution in [0.4, 0.5) is 5.69 Å². The summed E-state index contributed by atoms with van der Waals surface area (Å²) in [6.45, 7) is 3.99. The van der Waals surface area contributed by atoms with Gasteiger partial charge in [0.2, 0.25) is 0 Å². The van der Waals surface area contributed by atoms with E-state index in [0.717, 1.165) is 11.4 Å². The summed E-state index contributed by atoms with van der Waals surface area (Å²) >= 11 is 3.74. The van der Waals surface area contributed by atoms with Crippen molar-refractivity contribution in [2.24, 2.45) is 4.99 Å². The molecule has 0 aliphatic rings. The van der Waals surface area contributed by atoms with Crippen LogP contribution in [0.25, 0.3) is 69.6 Å². The molecular weight excluding hydrogens is 597 g/mol. The van der Waals surface area contributed by atoms with Crippen LogP contribution < -0.4 is 0 Å². The number of hydrogen-bond acceptors (Lipinski definition) is 3. The number of thioether (sulfide) groups is 1. The molecule has 7 aromatic carbocycles. The highest BCUT2D eigenvalue weighted by atomic mass is 32.2.